The van der Waals surface area contributed by atoms with Gasteiger partial charge in [0.2, 0.25) is 0 Å². The quantitative estimate of drug-likeness (QED) is 0.498. The number of Topliss-reactive ketones (excluding diaryl/α,β-unsaturated/α-hetero) is 1. The van der Waals surface area contributed by atoms with Gasteiger partial charge in [0.05, 0.1) is 6.54 Å². The standard InChI is InChI=1S/C28H31F2N3O2/c1-18-2-3-21-15-26(31-25(21)14-18)28(35)33-17-23(30)16-24(33)10-13-32-11-8-20(9-12-32)27(34)19-4-6-22(29)7-5-19/h2-7,14-15,20,23-24,31H,8-13,16-17H2,1H3/t23-,24-/m1/s1. The molecule has 1 N–H and O–H groups in total. The molecule has 2 saturated heterocycles. The third-order valence-corrected chi connectivity index (χ3v) is 7.50. The summed E-state index contributed by atoms with van der Waals surface area (Å²) in [7, 11) is 0. The van der Waals surface area contributed by atoms with Gasteiger partial charge in [-0.1, -0.05) is 12.1 Å². The largest absolute Gasteiger partial charge is 0.351 e. The van der Waals surface area contributed by atoms with Crippen LogP contribution in [0.5, 0.6) is 0 Å². The molecule has 1 amide bonds. The number of hydrogen-bond donors (Lipinski definition) is 1. The molecule has 3 aromatic rings. The fourth-order valence-corrected chi connectivity index (χ4v) is 5.49. The van der Waals surface area contributed by atoms with Crippen molar-refractivity contribution >= 4 is 22.6 Å². The smallest absolute Gasteiger partial charge is 0.270 e. The van der Waals surface area contributed by atoms with Crippen LogP contribution in [0.2, 0.25) is 0 Å². The SMILES string of the molecule is Cc1ccc2cc(C(=O)N3C[C@H](F)C[C@H]3CCN3CCC(C(=O)c4ccc(F)cc4)CC3)[nH]c2c1. The maximum atomic E-state index is 14.4. The number of aromatic nitrogens is 1. The van der Waals surface area contributed by atoms with E-state index in [-0.39, 0.29) is 36.0 Å². The van der Waals surface area contributed by atoms with Gasteiger partial charge in [-0.15, -0.1) is 0 Å². The molecule has 2 atom stereocenters. The first-order chi connectivity index (χ1) is 16.9. The minimum atomic E-state index is -1.00. The number of piperidine rings is 1. The Labute approximate surface area is 204 Å². The number of hydrogen-bond acceptors (Lipinski definition) is 3. The van der Waals surface area contributed by atoms with Crippen molar-refractivity contribution in [3.8, 4) is 0 Å². The normalized spacial score (nSPS) is 21.6. The molecular weight excluding hydrogens is 448 g/mol. The number of H-pyrrole nitrogens is 1. The highest BCUT2D eigenvalue weighted by molar-refractivity contribution is 5.99. The Hall–Kier alpha value is -3.06. The molecule has 0 saturated carbocycles. The summed E-state index contributed by atoms with van der Waals surface area (Å²) in [6.07, 6.45) is 1.58. The second-order valence-electron chi connectivity index (χ2n) is 9.99. The topological polar surface area (TPSA) is 56.4 Å². The number of aromatic amines is 1. The second-order valence-corrected chi connectivity index (χ2v) is 9.99. The predicted octanol–water partition coefficient (Wildman–Crippen LogP) is 5.15. The summed E-state index contributed by atoms with van der Waals surface area (Å²) >= 11 is 0. The van der Waals surface area contributed by atoms with Gasteiger partial charge in [-0.25, -0.2) is 8.78 Å². The van der Waals surface area contributed by atoms with E-state index in [1.807, 2.05) is 31.2 Å². The Morgan fingerprint density at radius 2 is 1.80 bits per heavy atom. The molecule has 35 heavy (non-hydrogen) atoms. The summed E-state index contributed by atoms with van der Waals surface area (Å²) in [6.45, 7) is 4.49. The van der Waals surface area contributed by atoms with Gasteiger partial charge in [-0.3, -0.25) is 9.59 Å². The predicted molar refractivity (Wildman–Crippen MR) is 132 cm³/mol. The molecule has 2 aliphatic heterocycles. The number of aryl methyl sites for hydroxylation is 1. The van der Waals surface area contributed by atoms with E-state index in [4.69, 9.17) is 0 Å². The van der Waals surface area contributed by atoms with E-state index in [1.54, 1.807) is 17.0 Å². The minimum absolute atomic E-state index is 0.0536. The number of rotatable bonds is 6. The molecule has 7 heteroatoms. The fourth-order valence-electron chi connectivity index (χ4n) is 5.49. The van der Waals surface area contributed by atoms with E-state index in [0.717, 1.165) is 48.9 Å². The minimum Gasteiger partial charge on any atom is -0.351 e. The first-order valence-electron chi connectivity index (χ1n) is 12.4. The number of halogens is 2. The van der Waals surface area contributed by atoms with Crippen LogP contribution in [0.4, 0.5) is 8.78 Å². The van der Waals surface area contributed by atoms with Gasteiger partial charge in [-0.05, 0) is 81.2 Å². The van der Waals surface area contributed by atoms with Crippen LogP contribution in [0.1, 0.15) is 52.1 Å². The lowest BCUT2D eigenvalue weighted by Gasteiger charge is -2.33. The Kier molecular flexibility index (Phi) is 6.69. The van der Waals surface area contributed by atoms with Gasteiger partial charge >= 0.3 is 0 Å². The summed E-state index contributed by atoms with van der Waals surface area (Å²) in [4.78, 5) is 33.2. The number of ketones is 1. The highest BCUT2D eigenvalue weighted by Gasteiger charge is 2.36. The second kappa shape index (κ2) is 9.90. The fraction of sp³-hybridized carbons (Fsp3) is 0.429. The number of carbonyl (C=O) groups excluding carboxylic acids is 2. The summed E-state index contributed by atoms with van der Waals surface area (Å²) in [6, 6.07) is 13.5. The molecule has 0 aliphatic carbocycles. The van der Waals surface area contributed by atoms with Crippen LogP contribution in [0.25, 0.3) is 10.9 Å². The number of carbonyl (C=O) groups is 2. The lowest BCUT2D eigenvalue weighted by Crippen LogP contribution is -2.41. The number of benzene rings is 2. The van der Waals surface area contributed by atoms with Crippen molar-refractivity contribution in [2.24, 2.45) is 5.92 Å². The van der Waals surface area contributed by atoms with Crippen molar-refractivity contribution in [3.05, 3.63) is 71.2 Å². The average molecular weight is 480 g/mol. The van der Waals surface area contributed by atoms with E-state index in [9.17, 15) is 18.4 Å². The Morgan fingerprint density at radius 3 is 2.54 bits per heavy atom. The zero-order valence-corrected chi connectivity index (χ0v) is 20.0. The average Bonchev–Trinajstić information content (AvgIpc) is 3.45. The van der Waals surface area contributed by atoms with Crippen molar-refractivity contribution in [3.63, 3.8) is 0 Å². The molecule has 1 aromatic heterocycles. The van der Waals surface area contributed by atoms with Crippen LogP contribution >= 0.6 is 0 Å². The third-order valence-electron chi connectivity index (χ3n) is 7.50. The molecule has 3 heterocycles. The van der Waals surface area contributed by atoms with Crippen LogP contribution in [0.3, 0.4) is 0 Å². The number of fused-ring (bicyclic) bond motifs is 1. The molecule has 5 rings (SSSR count). The molecular formula is C28H31F2N3O2. The van der Waals surface area contributed by atoms with Gasteiger partial charge in [0.1, 0.15) is 17.7 Å². The van der Waals surface area contributed by atoms with Gasteiger partial charge in [0, 0.05) is 41.4 Å². The lowest BCUT2D eigenvalue weighted by molar-refractivity contribution is 0.0695. The Morgan fingerprint density at radius 1 is 1.06 bits per heavy atom. The van der Waals surface area contributed by atoms with Crippen LogP contribution in [0, 0.1) is 18.7 Å². The van der Waals surface area contributed by atoms with Crippen LogP contribution < -0.4 is 0 Å². The summed E-state index contributed by atoms with van der Waals surface area (Å²) in [5, 5.41) is 0.976. The Bertz CT molecular complexity index is 1210. The van der Waals surface area contributed by atoms with Gasteiger partial charge in [-0.2, -0.15) is 0 Å². The lowest BCUT2D eigenvalue weighted by atomic mass is 9.88. The van der Waals surface area contributed by atoms with Crippen LogP contribution in [-0.2, 0) is 0 Å². The molecule has 2 aromatic carbocycles. The molecule has 5 nitrogen and oxygen atoms in total. The van der Waals surface area contributed by atoms with Crippen LogP contribution in [0.15, 0.2) is 48.5 Å². The molecule has 0 unspecified atom stereocenters. The maximum Gasteiger partial charge on any atom is 0.270 e. The molecule has 2 fully saturated rings. The first kappa shape index (κ1) is 23.7. The zero-order valence-electron chi connectivity index (χ0n) is 20.0. The van der Waals surface area contributed by atoms with Crippen molar-refractivity contribution < 1.29 is 18.4 Å². The number of alkyl halides is 1. The Balaban J connectivity index is 1.16. The summed E-state index contributed by atoms with van der Waals surface area (Å²) < 4.78 is 27.5. The van der Waals surface area contributed by atoms with Gasteiger partial charge < -0.3 is 14.8 Å². The molecule has 0 bridgehead atoms. The number of likely N-dealkylation sites (tertiary alicyclic amines) is 2. The maximum absolute atomic E-state index is 14.4. The van der Waals surface area contributed by atoms with Crippen molar-refractivity contribution in [1.29, 1.82) is 0 Å². The van der Waals surface area contributed by atoms with E-state index >= 15 is 0 Å². The van der Waals surface area contributed by atoms with E-state index < -0.39 is 6.17 Å². The molecule has 0 spiro atoms. The van der Waals surface area contributed by atoms with E-state index in [1.165, 1.54) is 12.1 Å². The zero-order chi connectivity index (χ0) is 24.5. The summed E-state index contributed by atoms with van der Waals surface area (Å²) in [5.74, 6) is -0.466. The highest BCUT2D eigenvalue weighted by atomic mass is 19.1. The molecule has 184 valence electrons. The molecule has 0 radical (unpaired) electrons. The summed E-state index contributed by atoms with van der Waals surface area (Å²) in [5.41, 5.74) is 3.10. The highest BCUT2D eigenvalue weighted by Crippen LogP contribution is 2.28. The number of nitrogens with zero attached hydrogens (tertiary/aromatic N) is 2. The number of amides is 1. The first-order valence-corrected chi connectivity index (χ1v) is 12.4. The van der Waals surface area contributed by atoms with Gasteiger partial charge in [0.25, 0.3) is 5.91 Å². The molecule has 2 aliphatic rings. The van der Waals surface area contributed by atoms with Crippen LogP contribution in [-0.4, -0.2) is 64.9 Å². The van der Waals surface area contributed by atoms with E-state index in [0.29, 0.717) is 24.1 Å². The monoisotopic (exact) mass is 479 g/mol. The van der Waals surface area contributed by atoms with Gasteiger partial charge in [0.15, 0.2) is 5.78 Å². The van der Waals surface area contributed by atoms with E-state index in [2.05, 4.69) is 9.88 Å². The van der Waals surface area contributed by atoms with Crippen molar-refractivity contribution in [1.82, 2.24) is 14.8 Å². The third kappa shape index (κ3) is 5.15. The van der Waals surface area contributed by atoms with Crippen molar-refractivity contribution in [2.75, 3.05) is 26.2 Å². The number of nitrogens with one attached hydrogen (secondary N) is 1. The van der Waals surface area contributed by atoms with Crippen molar-refractivity contribution in [2.45, 2.75) is 44.8 Å².